The van der Waals surface area contributed by atoms with Crippen LogP contribution in [-0.2, 0) is 0 Å². The first-order valence-electron chi connectivity index (χ1n) is 9.96. The molecule has 1 amide bonds. The Kier molecular flexibility index (Phi) is 5.57. The Balaban J connectivity index is 1.72. The molecule has 1 aromatic heterocycles. The molecule has 4 rings (SSSR count). The number of ether oxygens (including phenoxy) is 1. The first-order valence-corrected chi connectivity index (χ1v) is 9.96. The first kappa shape index (κ1) is 19.1. The van der Waals surface area contributed by atoms with E-state index in [1.807, 2.05) is 12.1 Å². The highest BCUT2D eigenvalue weighted by atomic mass is 16.5. The summed E-state index contributed by atoms with van der Waals surface area (Å²) in [5.74, 6) is 0.241. The molecule has 2 aromatic carbocycles. The van der Waals surface area contributed by atoms with E-state index < -0.39 is 0 Å². The second-order valence-corrected chi connectivity index (χ2v) is 7.25. The van der Waals surface area contributed by atoms with Crippen LogP contribution in [0.1, 0.15) is 23.3 Å². The number of likely N-dealkylation sites (tertiary alicyclic amines) is 1. The Hall–Kier alpha value is -3.19. The third kappa shape index (κ3) is 3.86. The molecule has 29 heavy (non-hydrogen) atoms. The summed E-state index contributed by atoms with van der Waals surface area (Å²) >= 11 is 0. The number of benzene rings is 2. The van der Waals surface area contributed by atoms with Crippen LogP contribution < -0.4 is 20.5 Å². The van der Waals surface area contributed by atoms with Crippen molar-refractivity contribution < 1.29 is 14.4 Å². The second kappa shape index (κ2) is 8.45. The molecule has 1 aliphatic heterocycles. The van der Waals surface area contributed by atoms with Crippen molar-refractivity contribution in [3.63, 3.8) is 0 Å². The van der Waals surface area contributed by atoms with Crippen LogP contribution in [0.4, 0.5) is 0 Å². The van der Waals surface area contributed by atoms with Gasteiger partial charge in [0.05, 0.1) is 38.7 Å². The molecule has 2 heterocycles. The van der Waals surface area contributed by atoms with Gasteiger partial charge >= 0.3 is 0 Å². The standard InChI is InChI=1S/C22H24N4O3/c1-29-19-11-5-4-10-18(19)26-22(28)17-9-3-2-8-16(17)20(24-26)21(27)23-12-15-25-13-6-7-14-25/h2-5,8-11H,6-7,12-15H2,1H3,(H,23,27)/p+1. The van der Waals surface area contributed by atoms with Crippen molar-refractivity contribution in [2.75, 3.05) is 33.3 Å². The third-order valence-electron chi connectivity index (χ3n) is 5.41. The Bertz CT molecular complexity index is 1090. The van der Waals surface area contributed by atoms with Crippen LogP contribution in [-0.4, -0.2) is 49.0 Å². The summed E-state index contributed by atoms with van der Waals surface area (Å²) in [6.07, 6.45) is 2.50. The average Bonchev–Trinajstić information content (AvgIpc) is 3.27. The molecule has 3 aromatic rings. The minimum atomic E-state index is -0.289. The molecule has 0 saturated carbocycles. The number of quaternary nitrogens is 1. The normalized spacial score (nSPS) is 14.2. The van der Waals surface area contributed by atoms with Crippen molar-refractivity contribution in [2.45, 2.75) is 12.8 Å². The molecule has 0 bridgehead atoms. The number of amides is 1. The van der Waals surface area contributed by atoms with Crippen molar-refractivity contribution in [1.29, 1.82) is 0 Å². The van der Waals surface area contributed by atoms with Gasteiger partial charge in [-0.2, -0.15) is 9.78 Å². The molecule has 150 valence electrons. The van der Waals surface area contributed by atoms with E-state index in [1.165, 1.54) is 22.4 Å². The van der Waals surface area contributed by atoms with E-state index in [1.54, 1.807) is 43.5 Å². The highest BCUT2D eigenvalue weighted by Crippen LogP contribution is 2.22. The summed E-state index contributed by atoms with van der Waals surface area (Å²) in [6, 6.07) is 14.2. The number of rotatable bonds is 6. The van der Waals surface area contributed by atoms with Gasteiger partial charge in [-0.25, -0.2) is 0 Å². The lowest BCUT2D eigenvalue weighted by Gasteiger charge is -2.14. The van der Waals surface area contributed by atoms with E-state index >= 15 is 0 Å². The molecule has 2 N–H and O–H groups in total. The minimum Gasteiger partial charge on any atom is -0.494 e. The largest absolute Gasteiger partial charge is 0.494 e. The number of nitrogens with zero attached hydrogens (tertiary/aromatic N) is 2. The minimum absolute atomic E-state index is 0.238. The summed E-state index contributed by atoms with van der Waals surface area (Å²) in [5.41, 5.74) is 0.451. The molecule has 0 atom stereocenters. The smallest absolute Gasteiger partial charge is 0.279 e. The molecular weight excluding hydrogens is 368 g/mol. The zero-order valence-corrected chi connectivity index (χ0v) is 16.5. The van der Waals surface area contributed by atoms with Crippen molar-refractivity contribution in [2.24, 2.45) is 0 Å². The van der Waals surface area contributed by atoms with Gasteiger partial charge in [0.25, 0.3) is 11.5 Å². The molecule has 0 aliphatic carbocycles. The predicted molar refractivity (Wildman–Crippen MR) is 111 cm³/mol. The van der Waals surface area contributed by atoms with E-state index in [2.05, 4.69) is 10.4 Å². The zero-order chi connectivity index (χ0) is 20.2. The average molecular weight is 393 g/mol. The second-order valence-electron chi connectivity index (χ2n) is 7.25. The molecule has 7 nitrogen and oxygen atoms in total. The maximum absolute atomic E-state index is 13.1. The number of carbonyl (C=O) groups excluding carboxylic acids is 1. The Morgan fingerprint density at radius 3 is 2.55 bits per heavy atom. The van der Waals surface area contributed by atoms with Crippen LogP contribution in [0.2, 0.25) is 0 Å². The Morgan fingerprint density at radius 1 is 1.10 bits per heavy atom. The number of aromatic nitrogens is 2. The molecular formula is C22H25N4O3+. The molecule has 0 radical (unpaired) electrons. The number of fused-ring (bicyclic) bond motifs is 1. The first-order chi connectivity index (χ1) is 14.2. The fraction of sp³-hybridized carbons (Fsp3) is 0.318. The topological polar surface area (TPSA) is 77.7 Å². The Morgan fingerprint density at radius 2 is 1.79 bits per heavy atom. The molecule has 0 spiro atoms. The fourth-order valence-corrected chi connectivity index (χ4v) is 3.89. The van der Waals surface area contributed by atoms with Crippen LogP contribution in [0, 0.1) is 0 Å². The molecule has 1 fully saturated rings. The molecule has 1 aliphatic rings. The van der Waals surface area contributed by atoms with Gasteiger partial charge in [0.1, 0.15) is 11.4 Å². The van der Waals surface area contributed by atoms with Crippen LogP contribution in [0.3, 0.4) is 0 Å². The SMILES string of the molecule is COc1ccccc1-n1nc(C(=O)NCC[NH+]2CCCC2)c2ccccc2c1=O. The highest BCUT2D eigenvalue weighted by molar-refractivity contribution is 6.04. The van der Waals surface area contributed by atoms with Crippen LogP contribution in [0.15, 0.2) is 53.3 Å². The number of para-hydroxylation sites is 2. The van der Waals surface area contributed by atoms with E-state index in [0.29, 0.717) is 28.8 Å². The van der Waals surface area contributed by atoms with Crippen molar-refractivity contribution in [3.05, 3.63) is 64.6 Å². The van der Waals surface area contributed by atoms with E-state index in [4.69, 9.17) is 4.74 Å². The maximum atomic E-state index is 13.1. The number of methoxy groups -OCH3 is 1. The summed E-state index contributed by atoms with van der Waals surface area (Å²) < 4.78 is 6.64. The van der Waals surface area contributed by atoms with Crippen molar-refractivity contribution >= 4 is 16.7 Å². The lowest BCUT2D eigenvalue weighted by atomic mass is 10.1. The van der Waals surface area contributed by atoms with Crippen molar-refractivity contribution in [3.8, 4) is 11.4 Å². The molecule has 7 heteroatoms. The summed E-state index contributed by atoms with van der Waals surface area (Å²) in [7, 11) is 1.54. The van der Waals surface area contributed by atoms with Gasteiger partial charge in [-0.05, 0) is 18.2 Å². The summed E-state index contributed by atoms with van der Waals surface area (Å²) in [5, 5.41) is 8.41. The van der Waals surface area contributed by atoms with Gasteiger partial charge in [0.2, 0.25) is 0 Å². The van der Waals surface area contributed by atoms with Gasteiger partial charge in [0, 0.05) is 18.2 Å². The lowest BCUT2D eigenvalue weighted by Crippen LogP contribution is -3.10. The highest BCUT2D eigenvalue weighted by Gasteiger charge is 2.20. The number of hydrogen-bond acceptors (Lipinski definition) is 4. The Labute approximate surface area is 168 Å². The van der Waals surface area contributed by atoms with Crippen LogP contribution in [0.5, 0.6) is 5.75 Å². The zero-order valence-electron chi connectivity index (χ0n) is 16.5. The maximum Gasteiger partial charge on any atom is 0.279 e. The molecule has 0 unspecified atom stereocenters. The van der Waals surface area contributed by atoms with Gasteiger partial charge in [-0.3, -0.25) is 9.59 Å². The van der Waals surface area contributed by atoms with Gasteiger partial charge in [-0.1, -0.05) is 30.3 Å². The summed E-state index contributed by atoms with van der Waals surface area (Å²) in [4.78, 5) is 27.5. The van der Waals surface area contributed by atoms with Gasteiger partial charge in [-0.15, -0.1) is 0 Å². The monoisotopic (exact) mass is 393 g/mol. The third-order valence-corrected chi connectivity index (χ3v) is 5.41. The lowest BCUT2D eigenvalue weighted by molar-refractivity contribution is -0.886. The van der Waals surface area contributed by atoms with Gasteiger partial charge < -0.3 is 15.0 Å². The number of nitrogens with one attached hydrogen (secondary N) is 2. The van der Waals surface area contributed by atoms with Crippen molar-refractivity contribution in [1.82, 2.24) is 15.1 Å². The van der Waals surface area contributed by atoms with E-state index in [-0.39, 0.29) is 17.2 Å². The van der Waals surface area contributed by atoms with Crippen LogP contribution in [0.25, 0.3) is 16.5 Å². The number of hydrogen-bond donors (Lipinski definition) is 2. The van der Waals surface area contributed by atoms with E-state index in [9.17, 15) is 9.59 Å². The fourth-order valence-electron chi connectivity index (χ4n) is 3.89. The predicted octanol–water partition coefficient (Wildman–Crippen LogP) is 0.803. The number of carbonyl (C=O) groups is 1. The quantitative estimate of drug-likeness (QED) is 0.650. The molecule has 1 saturated heterocycles. The van der Waals surface area contributed by atoms with Crippen LogP contribution >= 0.6 is 0 Å². The summed E-state index contributed by atoms with van der Waals surface area (Å²) in [6.45, 7) is 3.80. The van der Waals surface area contributed by atoms with Gasteiger partial charge in [0.15, 0.2) is 5.69 Å². The van der Waals surface area contributed by atoms with E-state index in [0.717, 1.165) is 19.6 Å².